The maximum absolute atomic E-state index is 12.5. The average molecular weight is 477 g/mol. The van der Waals surface area contributed by atoms with Crippen LogP contribution in [-0.4, -0.2) is 58.7 Å². The van der Waals surface area contributed by atoms with Crippen LogP contribution in [0, 0.1) is 0 Å². The van der Waals surface area contributed by atoms with E-state index in [1.807, 2.05) is 0 Å². The lowest BCUT2D eigenvalue weighted by molar-refractivity contribution is -0.112. The third-order valence-corrected chi connectivity index (χ3v) is 5.62. The van der Waals surface area contributed by atoms with E-state index in [0.29, 0.717) is 45.6 Å². The van der Waals surface area contributed by atoms with Gasteiger partial charge in [0, 0.05) is 30.3 Å². The molecule has 0 aromatic heterocycles. The molecule has 0 aliphatic carbocycles. The highest BCUT2D eigenvalue weighted by molar-refractivity contribution is 7.95. The number of hydrogen-bond donors (Lipinski definition) is 0. The van der Waals surface area contributed by atoms with Crippen LogP contribution in [-0.2, 0) is 16.0 Å². The van der Waals surface area contributed by atoms with Gasteiger partial charge in [0.15, 0.2) is 5.75 Å². The van der Waals surface area contributed by atoms with Crippen molar-refractivity contribution in [2.75, 3.05) is 48.4 Å². The molecule has 0 aliphatic rings. The predicted molar refractivity (Wildman–Crippen MR) is 128 cm³/mol. The maximum atomic E-state index is 12.5. The first-order chi connectivity index (χ1) is 15.9. The molecule has 1 unspecified atom stereocenters. The zero-order chi connectivity index (χ0) is 24.4. The molecule has 2 aromatic rings. The van der Waals surface area contributed by atoms with E-state index in [-0.39, 0.29) is 11.5 Å². The average Bonchev–Trinajstić information content (AvgIpc) is 2.84. The molecule has 0 amide bonds. The Bertz CT molecular complexity index is 966. The molecule has 0 N–H and O–H groups in total. The molecule has 2 rings (SSSR count). The van der Waals surface area contributed by atoms with Gasteiger partial charge < -0.3 is 33.0 Å². The van der Waals surface area contributed by atoms with Crippen LogP contribution in [0.4, 0.5) is 0 Å². The Balaban J connectivity index is 2.17. The van der Waals surface area contributed by atoms with E-state index in [0.717, 1.165) is 0 Å². The summed E-state index contributed by atoms with van der Waals surface area (Å²) in [5.74, 6) is 2.54. The molecule has 178 valence electrons. The zero-order valence-electron chi connectivity index (χ0n) is 19.5. The predicted octanol–water partition coefficient (Wildman–Crippen LogP) is 3.74. The van der Waals surface area contributed by atoms with Gasteiger partial charge in [0.1, 0.15) is 39.9 Å². The van der Waals surface area contributed by atoms with Crippen LogP contribution in [0.25, 0.3) is 12.2 Å². The second-order valence-corrected chi connectivity index (χ2v) is 7.84. The summed E-state index contributed by atoms with van der Waals surface area (Å²) in [6, 6.07) is 6.75. The third kappa shape index (κ3) is 6.84. The third-order valence-electron chi connectivity index (χ3n) is 4.61. The van der Waals surface area contributed by atoms with Crippen LogP contribution in [0.15, 0.2) is 35.7 Å². The number of methoxy groups -OCH3 is 6. The SMILES string of the molecule is COc1cc(OC)c(C=CC(=O)C[S+]([O-])/C=C\c2c(OC)cc(OC)cc2OC)c(OC)c1. The number of allylic oxidation sites excluding steroid dienone is 1. The number of ketones is 1. The Morgan fingerprint density at radius 1 is 0.727 bits per heavy atom. The summed E-state index contributed by atoms with van der Waals surface area (Å²) < 4.78 is 44.4. The number of carbonyl (C=O) groups is 1. The Kier molecular flexibility index (Phi) is 9.96. The van der Waals surface area contributed by atoms with Gasteiger partial charge >= 0.3 is 0 Å². The monoisotopic (exact) mass is 476 g/mol. The minimum absolute atomic E-state index is 0.200. The first-order valence-corrected chi connectivity index (χ1v) is 11.1. The van der Waals surface area contributed by atoms with Crippen molar-refractivity contribution in [1.82, 2.24) is 0 Å². The number of benzene rings is 2. The summed E-state index contributed by atoms with van der Waals surface area (Å²) in [6.07, 6.45) is 4.50. The summed E-state index contributed by atoms with van der Waals surface area (Å²) in [4.78, 5) is 12.4. The lowest BCUT2D eigenvalue weighted by Crippen LogP contribution is -2.11. The van der Waals surface area contributed by atoms with E-state index in [2.05, 4.69) is 0 Å². The van der Waals surface area contributed by atoms with Crippen molar-refractivity contribution < 1.29 is 37.8 Å². The molecule has 8 nitrogen and oxygen atoms in total. The summed E-state index contributed by atoms with van der Waals surface area (Å²) in [6.45, 7) is 0. The van der Waals surface area contributed by atoms with Crippen LogP contribution >= 0.6 is 0 Å². The van der Waals surface area contributed by atoms with Gasteiger partial charge in [-0.25, -0.2) is 0 Å². The minimum Gasteiger partial charge on any atom is -0.612 e. The van der Waals surface area contributed by atoms with Crippen molar-refractivity contribution in [3.63, 3.8) is 0 Å². The van der Waals surface area contributed by atoms with Crippen LogP contribution in [0.3, 0.4) is 0 Å². The minimum atomic E-state index is -1.56. The highest BCUT2D eigenvalue weighted by atomic mass is 32.2. The molecule has 0 fully saturated rings. The van der Waals surface area contributed by atoms with Crippen molar-refractivity contribution in [3.05, 3.63) is 46.9 Å². The fraction of sp³-hybridized carbons (Fsp3) is 0.292. The molecule has 9 heteroatoms. The first kappa shape index (κ1) is 26.0. The largest absolute Gasteiger partial charge is 0.612 e. The van der Waals surface area contributed by atoms with Crippen LogP contribution < -0.4 is 28.4 Å². The number of rotatable bonds is 12. The summed E-state index contributed by atoms with van der Waals surface area (Å²) in [7, 11) is 9.11. The Morgan fingerprint density at radius 3 is 1.48 bits per heavy atom. The molecule has 2 aromatic carbocycles. The molecule has 0 radical (unpaired) electrons. The maximum Gasteiger partial charge on any atom is 0.205 e. The Hall–Kier alpha value is -3.30. The summed E-state index contributed by atoms with van der Waals surface area (Å²) in [5.41, 5.74) is 1.16. The highest BCUT2D eigenvalue weighted by Gasteiger charge is 2.15. The molecule has 1 atom stereocenters. The highest BCUT2D eigenvalue weighted by Crippen LogP contribution is 2.36. The molecule has 0 spiro atoms. The molecular weight excluding hydrogens is 448 g/mol. The van der Waals surface area contributed by atoms with Gasteiger partial charge in [-0.05, 0) is 23.3 Å². The summed E-state index contributed by atoms with van der Waals surface area (Å²) in [5, 5.41) is 1.42. The lowest BCUT2D eigenvalue weighted by Gasteiger charge is -2.13. The molecule has 0 saturated heterocycles. The zero-order valence-corrected chi connectivity index (χ0v) is 20.3. The van der Waals surface area contributed by atoms with E-state index in [1.165, 1.54) is 54.1 Å². The van der Waals surface area contributed by atoms with Crippen molar-refractivity contribution in [3.8, 4) is 34.5 Å². The second-order valence-electron chi connectivity index (χ2n) is 6.52. The fourth-order valence-electron chi connectivity index (χ4n) is 2.95. The molecule has 0 aliphatic heterocycles. The van der Waals surface area contributed by atoms with Crippen LogP contribution in [0.5, 0.6) is 34.5 Å². The van der Waals surface area contributed by atoms with Gasteiger partial charge in [0.05, 0.1) is 53.8 Å². The fourth-order valence-corrected chi connectivity index (χ4v) is 3.71. The Labute approximate surface area is 196 Å². The van der Waals surface area contributed by atoms with E-state index in [9.17, 15) is 9.35 Å². The van der Waals surface area contributed by atoms with Crippen molar-refractivity contribution in [2.24, 2.45) is 0 Å². The number of ether oxygens (including phenoxy) is 6. The van der Waals surface area contributed by atoms with Gasteiger partial charge in [0.25, 0.3) is 0 Å². The normalized spacial score (nSPS) is 12.0. The molecule has 0 saturated carbocycles. The van der Waals surface area contributed by atoms with Crippen molar-refractivity contribution in [1.29, 1.82) is 0 Å². The number of hydrogen-bond acceptors (Lipinski definition) is 8. The smallest absolute Gasteiger partial charge is 0.205 e. The molecule has 0 heterocycles. The standard InChI is InChI=1S/C24H28O8S/c1-27-17-11-21(29-3)19(22(12-17)30-4)8-7-16(25)15-33(26)10-9-20-23(31-5)13-18(28-2)14-24(20)32-6/h7-14H,15H2,1-6H3/b8-7?,10-9-. The topological polar surface area (TPSA) is 95.5 Å². The van der Waals surface area contributed by atoms with Crippen LogP contribution in [0.1, 0.15) is 11.1 Å². The van der Waals surface area contributed by atoms with Crippen LogP contribution in [0.2, 0.25) is 0 Å². The molecule has 0 bridgehead atoms. The quantitative estimate of drug-likeness (QED) is 0.338. The second kappa shape index (κ2) is 12.7. The van der Waals surface area contributed by atoms with E-state index < -0.39 is 11.2 Å². The Morgan fingerprint density at radius 2 is 1.12 bits per heavy atom. The molecule has 33 heavy (non-hydrogen) atoms. The van der Waals surface area contributed by atoms with Crippen molar-refractivity contribution in [2.45, 2.75) is 0 Å². The van der Waals surface area contributed by atoms with Gasteiger partial charge in [0.2, 0.25) is 5.78 Å². The van der Waals surface area contributed by atoms with Gasteiger partial charge in [-0.15, -0.1) is 0 Å². The van der Waals surface area contributed by atoms with Gasteiger partial charge in [-0.1, -0.05) is 0 Å². The number of carbonyl (C=O) groups excluding carboxylic acids is 1. The van der Waals surface area contributed by atoms with E-state index in [1.54, 1.807) is 36.4 Å². The molecular formula is C24H28O8S. The van der Waals surface area contributed by atoms with Gasteiger partial charge in [-0.2, -0.15) is 0 Å². The van der Waals surface area contributed by atoms with Crippen molar-refractivity contribution >= 4 is 29.1 Å². The first-order valence-electron chi connectivity index (χ1n) is 9.77. The van der Waals surface area contributed by atoms with E-state index in [4.69, 9.17) is 28.4 Å². The lowest BCUT2D eigenvalue weighted by atomic mass is 10.1. The summed E-state index contributed by atoms with van der Waals surface area (Å²) >= 11 is -1.56. The van der Waals surface area contributed by atoms with E-state index >= 15 is 0 Å². The van der Waals surface area contributed by atoms with Gasteiger partial charge in [-0.3, -0.25) is 4.79 Å².